The largest absolute Gasteiger partial charge is 0.294 e. The first kappa shape index (κ1) is 22.1. The third-order valence-electron chi connectivity index (χ3n) is 4.52. The molecular weight excluding hydrogens is 408 g/mol. The molecule has 3 rings (SSSR count). The van der Waals surface area contributed by atoms with Gasteiger partial charge in [0.15, 0.2) is 11.6 Å². The van der Waals surface area contributed by atoms with Gasteiger partial charge in [-0.15, -0.1) is 23.5 Å². The Kier molecular flexibility index (Phi) is 8.12. The van der Waals surface area contributed by atoms with Gasteiger partial charge in [0.25, 0.3) is 0 Å². The van der Waals surface area contributed by atoms with Crippen molar-refractivity contribution >= 4 is 35.1 Å². The molecule has 4 heteroatoms. The SMILES string of the molecule is CC(=O)C(C(=O)c1ccc(C)cc1)=C(SCc1ccccc1)SCc1ccccc1. The Morgan fingerprint density at radius 3 is 1.60 bits per heavy atom. The van der Waals surface area contributed by atoms with Gasteiger partial charge in [0.05, 0.1) is 9.81 Å². The lowest BCUT2D eigenvalue weighted by Gasteiger charge is -2.13. The molecule has 0 radical (unpaired) electrons. The van der Waals surface area contributed by atoms with Crippen molar-refractivity contribution in [2.45, 2.75) is 25.4 Å². The summed E-state index contributed by atoms with van der Waals surface area (Å²) in [7, 11) is 0. The molecule has 0 aliphatic heterocycles. The van der Waals surface area contributed by atoms with Crippen LogP contribution in [0.2, 0.25) is 0 Å². The van der Waals surface area contributed by atoms with E-state index in [1.165, 1.54) is 6.92 Å². The van der Waals surface area contributed by atoms with E-state index in [1.54, 1.807) is 35.7 Å². The molecule has 30 heavy (non-hydrogen) atoms. The maximum atomic E-state index is 13.3. The van der Waals surface area contributed by atoms with Crippen LogP contribution >= 0.6 is 23.5 Å². The van der Waals surface area contributed by atoms with Crippen molar-refractivity contribution in [1.29, 1.82) is 0 Å². The second kappa shape index (κ2) is 11.0. The minimum Gasteiger partial charge on any atom is -0.294 e. The number of allylic oxidation sites excluding steroid dienone is 1. The van der Waals surface area contributed by atoms with Crippen molar-refractivity contribution in [3.05, 3.63) is 117 Å². The number of ketones is 2. The quantitative estimate of drug-likeness (QED) is 0.160. The zero-order chi connectivity index (χ0) is 21.3. The summed E-state index contributed by atoms with van der Waals surface area (Å²) in [5.41, 5.74) is 4.22. The van der Waals surface area contributed by atoms with Crippen LogP contribution in [0.1, 0.15) is 34.0 Å². The molecule has 0 aromatic heterocycles. The number of rotatable bonds is 9. The van der Waals surface area contributed by atoms with Crippen molar-refractivity contribution in [2.24, 2.45) is 0 Å². The van der Waals surface area contributed by atoms with Gasteiger partial charge in [0, 0.05) is 17.1 Å². The topological polar surface area (TPSA) is 34.1 Å². The Hall–Kier alpha value is -2.56. The van der Waals surface area contributed by atoms with E-state index in [0.29, 0.717) is 17.1 Å². The smallest absolute Gasteiger partial charge is 0.198 e. The molecule has 0 bridgehead atoms. The van der Waals surface area contributed by atoms with Gasteiger partial charge in [0.2, 0.25) is 0 Å². The van der Waals surface area contributed by atoms with Crippen LogP contribution in [-0.4, -0.2) is 11.6 Å². The van der Waals surface area contributed by atoms with Crippen LogP contribution in [0.15, 0.2) is 94.7 Å². The molecule has 0 atom stereocenters. The summed E-state index contributed by atoms with van der Waals surface area (Å²) in [5, 5.41) is 0. The van der Waals surface area contributed by atoms with Crippen molar-refractivity contribution in [2.75, 3.05) is 0 Å². The number of thioether (sulfide) groups is 2. The lowest BCUT2D eigenvalue weighted by molar-refractivity contribution is -0.113. The van der Waals surface area contributed by atoms with Crippen LogP contribution < -0.4 is 0 Å². The van der Waals surface area contributed by atoms with Crippen LogP contribution in [0.25, 0.3) is 0 Å². The molecule has 3 aromatic rings. The highest BCUT2D eigenvalue weighted by Crippen LogP contribution is 2.37. The second-order valence-corrected chi connectivity index (χ2v) is 9.19. The standard InChI is InChI=1S/C26H24O2S2/c1-19-13-15-23(16-14-19)25(28)24(20(2)27)26(29-17-21-9-5-3-6-10-21)30-18-22-11-7-4-8-12-22/h3-16H,17-18H2,1-2H3. The molecule has 2 nitrogen and oxygen atoms in total. The zero-order valence-electron chi connectivity index (χ0n) is 17.1. The van der Waals surface area contributed by atoms with Crippen LogP contribution in [-0.2, 0) is 16.3 Å². The highest BCUT2D eigenvalue weighted by atomic mass is 32.2. The summed E-state index contributed by atoms with van der Waals surface area (Å²) in [5.74, 6) is 1.00. The molecule has 0 spiro atoms. The summed E-state index contributed by atoms with van der Waals surface area (Å²) in [6, 6.07) is 27.6. The molecular formula is C26H24O2S2. The molecule has 152 valence electrons. The van der Waals surface area contributed by atoms with Gasteiger partial charge >= 0.3 is 0 Å². The molecule has 0 saturated carbocycles. The Labute approximate surface area is 186 Å². The monoisotopic (exact) mass is 432 g/mol. The van der Waals surface area contributed by atoms with Crippen molar-refractivity contribution in [3.8, 4) is 0 Å². The molecule has 0 fully saturated rings. The third-order valence-corrected chi connectivity index (χ3v) is 7.12. The molecule has 0 N–H and O–H groups in total. The predicted octanol–water partition coefficient (Wildman–Crippen LogP) is 6.85. The van der Waals surface area contributed by atoms with Crippen molar-refractivity contribution < 1.29 is 9.59 Å². The van der Waals surface area contributed by atoms with E-state index in [9.17, 15) is 9.59 Å². The third kappa shape index (κ3) is 6.22. The van der Waals surface area contributed by atoms with E-state index in [0.717, 1.165) is 20.9 Å². The zero-order valence-corrected chi connectivity index (χ0v) is 18.8. The highest BCUT2D eigenvalue weighted by Gasteiger charge is 2.22. The molecule has 0 aliphatic carbocycles. The Bertz CT molecular complexity index is 978. The van der Waals surface area contributed by atoms with Gasteiger partial charge < -0.3 is 0 Å². The molecule has 0 amide bonds. The van der Waals surface area contributed by atoms with Gasteiger partial charge in [-0.25, -0.2) is 0 Å². The highest BCUT2D eigenvalue weighted by molar-refractivity contribution is 8.21. The first-order valence-corrected chi connectivity index (χ1v) is 11.7. The molecule has 0 aliphatic rings. The first-order valence-electron chi connectivity index (χ1n) is 9.74. The summed E-state index contributed by atoms with van der Waals surface area (Å²) in [6.45, 7) is 3.46. The van der Waals surface area contributed by atoms with E-state index >= 15 is 0 Å². The van der Waals surface area contributed by atoms with Crippen LogP contribution in [0.3, 0.4) is 0 Å². The summed E-state index contributed by atoms with van der Waals surface area (Å²) in [6.07, 6.45) is 0. The lowest BCUT2D eigenvalue weighted by Crippen LogP contribution is -2.12. The Morgan fingerprint density at radius 2 is 1.17 bits per heavy atom. The normalized spacial score (nSPS) is 10.5. The van der Waals surface area contributed by atoms with E-state index < -0.39 is 0 Å². The summed E-state index contributed by atoms with van der Waals surface area (Å²) < 4.78 is 0.779. The predicted molar refractivity (Wildman–Crippen MR) is 129 cm³/mol. The molecule has 3 aromatic carbocycles. The van der Waals surface area contributed by atoms with E-state index in [4.69, 9.17) is 0 Å². The average molecular weight is 433 g/mol. The maximum Gasteiger partial charge on any atom is 0.198 e. The van der Waals surface area contributed by atoms with Crippen LogP contribution in [0.5, 0.6) is 0 Å². The molecule has 0 heterocycles. The summed E-state index contributed by atoms with van der Waals surface area (Å²) in [4.78, 5) is 25.8. The van der Waals surface area contributed by atoms with E-state index in [-0.39, 0.29) is 17.1 Å². The van der Waals surface area contributed by atoms with Gasteiger partial charge in [0.1, 0.15) is 0 Å². The molecule has 0 unspecified atom stereocenters. The summed E-state index contributed by atoms with van der Waals surface area (Å²) >= 11 is 3.11. The number of carbonyl (C=O) groups excluding carboxylic acids is 2. The number of benzene rings is 3. The number of hydrogen-bond acceptors (Lipinski definition) is 4. The van der Waals surface area contributed by atoms with Gasteiger partial charge in [-0.3, -0.25) is 9.59 Å². The molecule has 0 saturated heterocycles. The number of aryl methyl sites for hydroxylation is 1. The van der Waals surface area contributed by atoms with Gasteiger partial charge in [-0.05, 0) is 25.0 Å². The van der Waals surface area contributed by atoms with Crippen LogP contribution in [0, 0.1) is 6.92 Å². The van der Waals surface area contributed by atoms with Gasteiger partial charge in [-0.1, -0.05) is 90.5 Å². The Morgan fingerprint density at radius 1 is 0.700 bits per heavy atom. The van der Waals surface area contributed by atoms with Gasteiger partial charge in [-0.2, -0.15) is 0 Å². The second-order valence-electron chi connectivity index (χ2n) is 6.96. The van der Waals surface area contributed by atoms with Crippen LogP contribution in [0.4, 0.5) is 0 Å². The lowest BCUT2D eigenvalue weighted by atomic mass is 10.0. The Balaban J connectivity index is 1.93. The van der Waals surface area contributed by atoms with E-state index in [1.807, 2.05) is 55.5 Å². The maximum absolute atomic E-state index is 13.3. The minimum atomic E-state index is -0.210. The van der Waals surface area contributed by atoms with Crippen molar-refractivity contribution in [3.63, 3.8) is 0 Å². The number of Topliss-reactive ketones (excluding diaryl/α,β-unsaturated/α-hetero) is 2. The van der Waals surface area contributed by atoms with E-state index in [2.05, 4.69) is 24.3 Å². The first-order chi connectivity index (χ1) is 14.5. The minimum absolute atomic E-state index is 0.198. The fraction of sp³-hybridized carbons (Fsp3) is 0.154. The fourth-order valence-electron chi connectivity index (χ4n) is 2.88. The van der Waals surface area contributed by atoms with Crippen molar-refractivity contribution in [1.82, 2.24) is 0 Å². The fourth-order valence-corrected chi connectivity index (χ4v) is 5.31. The number of carbonyl (C=O) groups is 2. The number of hydrogen-bond donors (Lipinski definition) is 0. The average Bonchev–Trinajstić information content (AvgIpc) is 2.77.